The van der Waals surface area contributed by atoms with Gasteiger partial charge in [-0.25, -0.2) is 8.78 Å². The van der Waals surface area contributed by atoms with Crippen molar-refractivity contribution < 1.29 is 13.2 Å². The summed E-state index contributed by atoms with van der Waals surface area (Å²) >= 11 is 0. The molecule has 2 atom stereocenters. The Hall–Kier alpha value is -1.72. The molecule has 2 heterocycles. The number of nitrogens with one attached hydrogen (secondary N) is 2. The molecule has 0 bridgehead atoms. The highest BCUT2D eigenvalue weighted by atomic mass is 127. The zero-order valence-corrected chi connectivity index (χ0v) is 20.6. The van der Waals surface area contributed by atoms with Gasteiger partial charge in [-0.1, -0.05) is 6.07 Å². The average Bonchev–Trinajstić information content (AvgIpc) is 3.43. The van der Waals surface area contributed by atoms with Crippen LogP contribution in [0.25, 0.3) is 0 Å². The van der Waals surface area contributed by atoms with Gasteiger partial charge in [-0.05, 0) is 64.3 Å². The van der Waals surface area contributed by atoms with Gasteiger partial charge in [0, 0.05) is 25.7 Å². The molecule has 0 aliphatic carbocycles. The molecule has 1 aromatic carbocycles. The summed E-state index contributed by atoms with van der Waals surface area (Å²) < 4.78 is 34.2. The molecule has 1 aromatic heterocycles. The smallest absolute Gasteiger partial charge is 0.191 e. The number of hydrogen-bond acceptors (Lipinski definition) is 4. The Morgan fingerprint density at radius 2 is 1.74 bits per heavy atom. The van der Waals surface area contributed by atoms with Crippen LogP contribution in [0.3, 0.4) is 0 Å². The molecule has 2 aromatic rings. The van der Waals surface area contributed by atoms with E-state index in [1.54, 1.807) is 32.3 Å². The van der Waals surface area contributed by atoms with Crippen molar-refractivity contribution in [3.63, 3.8) is 0 Å². The van der Waals surface area contributed by atoms with Crippen LogP contribution in [0, 0.1) is 11.6 Å². The topological polar surface area (TPSA) is 56.0 Å². The molecule has 0 amide bonds. The lowest BCUT2D eigenvalue weighted by Gasteiger charge is -2.28. The Labute approximate surface area is 200 Å². The normalized spacial score (nSPS) is 16.8. The minimum Gasteiger partial charge on any atom is -0.468 e. The summed E-state index contributed by atoms with van der Waals surface area (Å²) in [5, 5.41) is 6.55. The molecule has 172 valence electrons. The predicted molar refractivity (Wildman–Crippen MR) is 130 cm³/mol. The first kappa shape index (κ1) is 25.5. The number of nitrogens with zero attached hydrogens (tertiary/aromatic N) is 3. The molecule has 1 saturated heterocycles. The van der Waals surface area contributed by atoms with Crippen molar-refractivity contribution in [3.8, 4) is 0 Å². The summed E-state index contributed by atoms with van der Waals surface area (Å²) in [6.07, 6.45) is 4.06. The first-order chi connectivity index (χ1) is 14.5. The van der Waals surface area contributed by atoms with Gasteiger partial charge in [0.25, 0.3) is 0 Å². The summed E-state index contributed by atoms with van der Waals surface area (Å²) in [7, 11) is 5.28. The number of rotatable bonds is 8. The van der Waals surface area contributed by atoms with E-state index in [1.165, 1.54) is 31.0 Å². The van der Waals surface area contributed by atoms with Gasteiger partial charge in [-0.15, -0.1) is 24.0 Å². The zero-order chi connectivity index (χ0) is 21.5. The Morgan fingerprint density at radius 1 is 1.10 bits per heavy atom. The maximum absolute atomic E-state index is 14.3. The fourth-order valence-corrected chi connectivity index (χ4v) is 3.92. The number of likely N-dealkylation sites (N-methyl/N-ethyl adjacent to an activating group) is 1. The molecule has 1 aliphatic rings. The van der Waals surface area contributed by atoms with E-state index in [0.29, 0.717) is 19.0 Å². The SMILES string of the molecule is CN=C(NCC(c1c(F)cccc1F)N(C)C)NCC(c1ccco1)N1CCCC1.I. The van der Waals surface area contributed by atoms with Crippen molar-refractivity contribution >= 4 is 29.9 Å². The standard InChI is InChI=1S/C22H31F2N5O.HI/c1-25-22(26-14-18(20-10-7-13-30-20)29-11-4-5-12-29)27-15-19(28(2)3)21-16(23)8-6-9-17(21)24;/h6-10,13,18-19H,4-5,11-12,14-15H2,1-3H3,(H2,25,26,27);1H. The van der Waals surface area contributed by atoms with E-state index in [2.05, 4.69) is 20.5 Å². The fraction of sp³-hybridized carbons (Fsp3) is 0.500. The Bertz CT molecular complexity index is 805. The first-order valence-electron chi connectivity index (χ1n) is 10.3. The second-order valence-corrected chi connectivity index (χ2v) is 7.72. The summed E-state index contributed by atoms with van der Waals surface area (Å²) in [4.78, 5) is 8.47. The first-order valence-corrected chi connectivity index (χ1v) is 10.3. The van der Waals surface area contributed by atoms with Crippen LogP contribution in [0.4, 0.5) is 8.78 Å². The number of hydrogen-bond donors (Lipinski definition) is 2. The van der Waals surface area contributed by atoms with Crippen molar-refractivity contribution in [2.24, 2.45) is 4.99 Å². The van der Waals surface area contributed by atoms with Gasteiger partial charge >= 0.3 is 0 Å². The van der Waals surface area contributed by atoms with Gasteiger partial charge in [-0.3, -0.25) is 9.89 Å². The quantitative estimate of drug-likeness (QED) is 0.300. The molecule has 1 aliphatic heterocycles. The maximum Gasteiger partial charge on any atom is 0.191 e. The van der Waals surface area contributed by atoms with Gasteiger partial charge in [0.05, 0.1) is 18.3 Å². The summed E-state index contributed by atoms with van der Waals surface area (Å²) in [6, 6.07) is 7.46. The molecule has 0 spiro atoms. The molecule has 2 N–H and O–H groups in total. The second kappa shape index (κ2) is 12.4. The molecular formula is C22H32F2IN5O. The van der Waals surface area contributed by atoms with Crippen LogP contribution in [0.5, 0.6) is 0 Å². The third-order valence-electron chi connectivity index (χ3n) is 5.56. The van der Waals surface area contributed by atoms with E-state index in [4.69, 9.17) is 4.42 Å². The molecule has 0 saturated carbocycles. The van der Waals surface area contributed by atoms with E-state index in [1.807, 2.05) is 12.1 Å². The summed E-state index contributed by atoms with van der Waals surface area (Å²) in [5.74, 6) is 0.393. The van der Waals surface area contributed by atoms with Crippen LogP contribution in [-0.4, -0.2) is 63.1 Å². The molecule has 31 heavy (non-hydrogen) atoms. The highest BCUT2D eigenvalue weighted by Gasteiger charge is 2.26. The fourth-order valence-electron chi connectivity index (χ4n) is 3.92. The largest absolute Gasteiger partial charge is 0.468 e. The number of guanidine groups is 1. The number of furan rings is 1. The maximum atomic E-state index is 14.3. The van der Waals surface area contributed by atoms with Crippen molar-refractivity contribution in [2.45, 2.75) is 24.9 Å². The van der Waals surface area contributed by atoms with Gasteiger partial charge < -0.3 is 20.0 Å². The van der Waals surface area contributed by atoms with E-state index < -0.39 is 17.7 Å². The predicted octanol–water partition coefficient (Wildman–Crippen LogP) is 3.78. The Balaban J connectivity index is 0.00000341. The molecule has 6 nitrogen and oxygen atoms in total. The van der Waals surface area contributed by atoms with Crippen molar-refractivity contribution in [3.05, 3.63) is 59.6 Å². The van der Waals surface area contributed by atoms with Crippen LogP contribution in [0.1, 0.15) is 36.2 Å². The molecule has 2 unspecified atom stereocenters. The third-order valence-corrected chi connectivity index (χ3v) is 5.56. The van der Waals surface area contributed by atoms with Gasteiger partial charge in [0.1, 0.15) is 17.4 Å². The lowest BCUT2D eigenvalue weighted by atomic mass is 10.0. The van der Waals surface area contributed by atoms with Crippen molar-refractivity contribution in [2.75, 3.05) is 47.3 Å². The van der Waals surface area contributed by atoms with E-state index in [0.717, 1.165) is 18.8 Å². The lowest BCUT2D eigenvalue weighted by molar-refractivity contribution is 0.215. The van der Waals surface area contributed by atoms with Crippen molar-refractivity contribution in [1.82, 2.24) is 20.4 Å². The minimum absolute atomic E-state index is 0. The number of halogens is 3. The van der Waals surface area contributed by atoms with E-state index >= 15 is 0 Å². The molecular weight excluding hydrogens is 515 g/mol. The second-order valence-electron chi connectivity index (χ2n) is 7.72. The summed E-state index contributed by atoms with van der Waals surface area (Å²) in [5.41, 5.74) is 0.0518. The van der Waals surface area contributed by atoms with E-state index in [9.17, 15) is 8.78 Å². The van der Waals surface area contributed by atoms with Crippen LogP contribution in [-0.2, 0) is 0 Å². The minimum atomic E-state index is -0.551. The van der Waals surface area contributed by atoms with Crippen molar-refractivity contribution in [1.29, 1.82) is 0 Å². The van der Waals surface area contributed by atoms with Crippen LogP contribution in [0.2, 0.25) is 0 Å². The lowest BCUT2D eigenvalue weighted by Crippen LogP contribution is -2.45. The number of likely N-dealkylation sites (tertiary alicyclic amines) is 1. The highest BCUT2D eigenvalue weighted by Crippen LogP contribution is 2.25. The highest BCUT2D eigenvalue weighted by molar-refractivity contribution is 14.0. The average molecular weight is 547 g/mol. The van der Waals surface area contributed by atoms with E-state index in [-0.39, 0.29) is 35.6 Å². The van der Waals surface area contributed by atoms with Crippen LogP contribution < -0.4 is 10.6 Å². The third kappa shape index (κ3) is 6.63. The molecule has 0 radical (unpaired) electrons. The Kier molecular flexibility index (Phi) is 10.2. The van der Waals surface area contributed by atoms with Gasteiger partial charge in [0.15, 0.2) is 5.96 Å². The Morgan fingerprint density at radius 3 is 2.29 bits per heavy atom. The van der Waals surface area contributed by atoms with Crippen LogP contribution in [0.15, 0.2) is 46.0 Å². The number of aliphatic imine (C=N–C) groups is 1. The zero-order valence-electron chi connectivity index (χ0n) is 18.3. The number of benzene rings is 1. The van der Waals surface area contributed by atoms with Gasteiger partial charge in [0.2, 0.25) is 0 Å². The molecule has 3 rings (SSSR count). The van der Waals surface area contributed by atoms with Gasteiger partial charge in [-0.2, -0.15) is 0 Å². The van der Waals surface area contributed by atoms with Crippen LogP contribution >= 0.6 is 24.0 Å². The molecule has 9 heteroatoms. The molecule has 1 fully saturated rings. The monoisotopic (exact) mass is 547 g/mol. The summed E-state index contributed by atoms with van der Waals surface area (Å²) in [6.45, 7) is 3.00.